The van der Waals surface area contributed by atoms with Crippen molar-refractivity contribution in [2.75, 3.05) is 13.2 Å². The minimum Gasteiger partial charge on any atom is -0.492 e. The quantitative estimate of drug-likeness (QED) is 0.333. The van der Waals surface area contributed by atoms with Gasteiger partial charge in [0.2, 0.25) is 0 Å². The zero-order chi connectivity index (χ0) is 24.1. The summed E-state index contributed by atoms with van der Waals surface area (Å²) in [5.74, 6) is 0.367. The summed E-state index contributed by atoms with van der Waals surface area (Å²) in [6, 6.07) is 19.0. The smallest absolute Gasteiger partial charge is 0.293 e. The molecule has 0 N–H and O–H groups in total. The molecule has 5 nitrogen and oxygen atoms in total. The van der Waals surface area contributed by atoms with Gasteiger partial charge in [0.15, 0.2) is 0 Å². The Morgan fingerprint density at radius 2 is 1.74 bits per heavy atom. The van der Waals surface area contributed by atoms with Crippen LogP contribution in [0.2, 0.25) is 5.02 Å². The number of rotatable bonds is 8. The fourth-order valence-electron chi connectivity index (χ4n) is 3.32. The van der Waals surface area contributed by atoms with Crippen molar-refractivity contribution in [1.29, 1.82) is 0 Å². The van der Waals surface area contributed by atoms with Crippen LogP contribution in [0.3, 0.4) is 0 Å². The molecule has 0 radical (unpaired) electrons. The number of carbonyl (C=O) groups is 2. The molecule has 8 heteroatoms. The fourth-order valence-corrected chi connectivity index (χ4v) is 4.41. The first-order chi connectivity index (χ1) is 16.4. The molecule has 174 valence electrons. The van der Waals surface area contributed by atoms with Crippen LogP contribution in [-0.4, -0.2) is 29.2 Å². The largest absolute Gasteiger partial charge is 0.492 e. The lowest BCUT2D eigenvalue weighted by molar-refractivity contribution is -0.123. The number of amides is 2. The third-order valence-electron chi connectivity index (χ3n) is 5.05. The number of nitrogens with zero attached hydrogens (tertiary/aromatic N) is 1. The van der Waals surface area contributed by atoms with Crippen molar-refractivity contribution in [2.45, 2.75) is 13.5 Å². The fraction of sp³-hybridized carbons (Fsp3) is 0.154. The van der Waals surface area contributed by atoms with Crippen LogP contribution in [0.1, 0.15) is 16.7 Å². The second-order valence-corrected chi connectivity index (χ2v) is 8.96. The summed E-state index contributed by atoms with van der Waals surface area (Å²) >= 11 is 6.93. The Hall–Kier alpha value is -3.29. The maximum atomic E-state index is 14.0. The average Bonchev–Trinajstić information content (AvgIpc) is 3.06. The van der Waals surface area contributed by atoms with E-state index in [2.05, 4.69) is 0 Å². The van der Waals surface area contributed by atoms with Crippen molar-refractivity contribution in [3.05, 3.63) is 99.2 Å². The normalized spacial score (nSPS) is 14.7. The molecule has 3 aromatic carbocycles. The van der Waals surface area contributed by atoms with Crippen molar-refractivity contribution < 1.29 is 23.5 Å². The van der Waals surface area contributed by atoms with Gasteiger partial charge in [-0.25, -0.2) is 4.39 Å². The molecule has 0 aliphatic carbocycles. The summed E-state index contributed by atoms with van der Waals surface area (Å²) in [6.07, 6.45) is 1.63. The zero-order valence-corrected chi connectivity index (χ0v) is 19.9. The lowest BCUT2D eigenvalue weighted by Crippen LogP contribution is -2.32. The van der Waals surface area contributed by atoms with Gasteiger partial charge in [-0.1, -0.05) is 41.9 Å². The molecule has 0 saturated carbocycles. The molecular formula is C26H21ClFNO4S. The van der Waals surface area contributed by atoms with E-state index in [0.29, 0.717) is 22.0 Å². The van der Waals surface area contributed by atoms with Gasteiger partial charge < -0.3 is 9.47 Å². The molecule has 0 bridgehead atoms. The number of thioether (sulfide) groups is 1. The van der Waals surface area contributed by atoms with E-state index in [1.807, 2.05) is 31.2 Å². The zero-order valence-electron chi connectivity index (χ0n) is 18.3. The summed E-state index contributed by atoms with van der Waals surface area (Å²) in [6.45, 7) is 2.29. The summed E-state index contributed by atoms with van der Waals surface area (Å²) in [5.41, 5.74) is 2.01. The third-order valence-corrected chi connectivity index (χ3v) is 6.31. The van der Waals surface area contributed by atoms with Gasteiger partial charge in [0.05, 0.1) is 16.5 Å². The standard InChI is InChI=1S/C26H21ClFNO4S/c1-17-5-2-7-19(13-17)32-12-11-29-25(30)24(34-26(29)31)15-18-6-3-8-20(14-18)33-16-21-22(27)9-4-10-23(21)28/h2-10,13-15H,11-12,16H2,1H3/b24-15-. The first-order valence-corrected chi connectivity index (χ1v) is 11.7. The predicted octanol–water partition coefficient (Wildman–Crippen LogP) is 6.48. The van der Waals surface area contributed by atoms with Gasteiger partial charge in [0, 0.05) is 5.56 Å². The van der Waals surface area contributed by atoms with Gasteiger partial charge in [0.1, 0.15) is 30.5 Å². The molecule has 0 unspecified atom stereocenters. The molecule has 4 rings (SSSR count). The maximum Gasteiger partial charge on any atom is 0.293 e. The second-order valence-electron chi connectivity index (χ2n) is 7.56. The number of imide groups is 1. The Kier molecular flexibility index (Phi) is 7.55. The molecule has 0 atom stereocenters. The van der Waals surface area contributed by atoms with E-state index < -0.39 is 5.82 Å². The van der Waals surface area contributed by atoms with Gasteiger partial charge in [-0.15, -0.1) is 0 Å². The highest BCUT2D eigenvalue weighted by Gasteiger charge is 2.34. The summed E-state index contributed by atoms with van der Waals surface area (Å²) in [4.78, 5) is 26.6. The van der Waals surface area contributed by atoms with Crippen LogP contribution in [0.15, 0.2) is 71.6 Å². The van der Waals surface area contributed by atoms with E-state index in [1.165, 1.54) is 17.0 Å². The molecule has 34 heavy (non-hydrogen) atoms. The van der Waals surface area contributed by atoms with Crippen molar-refractivity contribution in [3.63, 3.8) is 0 Å². The molecule has 3 aromatic rings. The highest BCUT2D eigenvalue weighted by Crippen LogP contribution is 2.32. The van der Waals surface area contributed by atoms with Crippen LogP contribution >= 0.6 is 23.4 Å². The molecule has 1 fully saturated rings. The maximum absolute atomic E-state index is 14.0. The molecular weight excluding hydrogens is 477 g/mol. The lowest BCUT2D eigenvalue weighted by atomic mass is 10.2. The second kappa shape index (κ2) is 10.8. The van der Waals surface area contributed by atoms with E-state index in [0.717, 1.165) is 17.3 Å². The number of benzene rings is 3. The lowest BCUT2D eigenvalue weighted by Gasteiger charge is -2.13. The Balaban J connectivity index is 1.38. The summed E-state index contributed by atoms with van der Waals surface area (Å²) < 4.78 is 25.3. The van der Waals surface area contributed by atoms with Crippen molar-refractivity contribution in [1.82, 2.24) is 4.90 Å². The Labute approximate surface area is 206 Å². The summed E-state index contributed by atoms with van der Waals surface area (Å²) in [7, 11) is 0. The molecule has 0 aromatic heterocycles. The number of halogens is 2. The molecule has 1 aliphatic rings. The SMILES string of the molecule is Cc1cccc(OCCN2C(=O)S/C(=C\c3cccc(OCc4c(F)cccc4Cl)c3)C2=O)c1. The van der Waals surface area contributed by atoms with E-state index in [9.17, 15) is 14.0 Å². The monoisotopic (exact) mass is 497 g/mol. The third kappa shape index (κ3) is 5.79. The van der Waals surface area contributed by atoms with Crippen molar-refractivity contribution in [2.24, 2.45) is 0 Å². The number of aryl methyl sites for hydroxylation is 1. The van der Waals surface area contributed by atoms with Crippen molar-refractivity contribution in [3.8, 4) is 11.5 Å². The van der Waals surface area contributed by atoms with Crippen LogP contribution in [0.5, 0.6) is 11.5 Å². The molecule has 1 saturated heterocycles. The van der Waals surface area contributed by atoms with Crippen LogP contribution in [0.4, 0.5) is 9.18 Å². The summed E-state index contributed by atoms with van der Waals surface area (Å²) in [5, 5.41) is -0.0538. The Morgan fingerprint density at radius 3 is 2.50 bits per heavy atom. The van der Waals surface area contributed by atoms with Crippen LogP contribution in [0, 0.1) is 12.7 Å². The average molecular weight is 498 g/mol. The van der Waals surface area contributed by atoms with E-state index in [1.54, 1.807) is 36.4 Å². The van der Waals surface area contributed by atoms with Crippen LogP contribution in [-0.2, 0) is 11.4 Å². The van der Waals surface area contributed by atoms with Gasteiger partial charge in [-0.3, -0.25) is 14.5 Å². The topological polar surface area (TPSA) is 55.8 Å². The van der Waals surface area contributed by atoms with Gasteiger partial charge in [-0.2, -0.15) is 0 Å². The van der Waals surface area contributed by atoms with E-state index >= 15 is 0 Å². The van der Waals surface area contributed by atoms with E-state index in [4.69, 9.17) is 21.1 Å². The molecule has 2 amide bonds. The van der Waals surface area contributed by atoms with E-state index in [-0.39, 0.29) is 41.5 Å². The number of hydrogen-bond donors (Lipinski definition) is 0. The minimum absolute atomic E-state index is 0.0353. The number of carbonyl (C=O) groups excluding carboxylic acids is 2. The highest BCUT2D eigenvalue weighted by atomic mass is 35.5. The van der Waals surface area contributed by atoms with Gasteiger partial charge in [0.25, 0.3) is 11.1 Å². The first-order valence-electron chi connectivity index (χ1n) is 10.5. The Bertz CT molecular complexity index is 1240. The minimum atomic E-state index is -0.441. The highest BCUT2D eigenvalue weighted by molar-refractivity contribution is 8.18. The number of ether oxygens (including phenoxy) is 2. The van der Waals surface area contributed by atoms with Crippen LogP contribution in [0.25, 0.3) is 6.08 Å². The van der Waals surface area contributed by atoms with Gasteiger partial charge in [-0.05, 0) is 72.3 Å². The molecule has 0 spiro atoms. The number of hydrogen-bond acceptors (Lipinski definition) is 5. The van der Waals surface area contributed by atoms with Crippen LogP contribution < -0.4 is 9.47 Å². The first kappa shape index (κ1) is 23.9. The Morgan fingerprint density at radius 1 is 1.00 bits per heavy atom. The van der Waals surface area contributed by atoms with Gasteiger partial charge >= 0.3 is 0 Å². The predicted molar refractivity (Wildman–Crippen MR) is 132 cm³/mol. The molecule has 1 aliphatic heterocycles. The van der Waals surface area contributed by atoms with Crippen molar-refractivity contribution >= 4 is 40.6 Å². The molecule has 1 heterocycles.